The summed E-state index contributed by atoms with van der Waals surface area (Å²) in [4.78, 5) is 11.9. The number of phenols is 2. The molecule has 2 N–H and O–H groups in total. The van der Waals surface area contributed by atoms with Crippen molar-refractivity contribution < 1.29 is 24.5 Å². The van der Waals surface area contributed by atoms with Gasteiger partial charge in [0.1, 0.15) is 23.0 Å². The van der Waals surface area contributed by atoms with Crippen LogP contribution in [0.5, 0.6) is 23.0 Å². The van der Waals surface area contributed by atoms with E-state index in [1.807, 2.05) is 0 Å². The molecule has 0 aromatic heterocycles. The van der Waals surface area contributed by atoms with Gasteiger partial charge in [0.05, 0.1) is 14.2 Å². The first kappa shape index (κ1) is 17.1. The number of hydrogen-bond acceptors (Lipinski definition) is 5. The van der Waals surface area contributed by atoms with Crippen LogP contribution in [-0.2, 0) is 4.79 Å². The molecule has 0 amide bonds. The molecule has 0 heterocycles. The Hall–Kier alpha value is -3.21. The summed E-state index contributed by atoms with van der Waals surface area (Å²) in [7, 11) is 3.04. The molecule has 0 aliphatic heterocycles. The lowest BCUT2D eigenvalue weighted by atomic mass is 10.1. The summed E-state index contributed by atoms with van der Waals surface area (Å²) < 4.78 is 10.1. The molecule has 124 valence electrons. The molecule has 0 aliphatic rings. The highest BCUT2D eigenvalue weighted by molar-refractivity contribution is 6.04. The summed E-state index contributed by atoms with van der Waals surface area (Å²) in [5.41, 5.74) is 0.945. The Morgan fingerprint density at radius 2 is 1.25 bits per heavy atom. The van der Waals surface area contributed by atoms with Crippen molar-refractivity contribution in [2.75, 3.05) is 14.2 Å². The van der Waals surface area contributed by atoms with Gasteiger partial charge < -0.3 is 19.7 Å². The highest BCUT2D eigenvalue weighted by atomic mass is 16.5. The minimum absolute atomic E-state index is 0.0502. The quantitative estimate of drug-likeness (QED) is 0.796. The van der Waals surface area contributed by atoms with Gasteiger partial charge in [-0.15, -0.1) is 0 Å². The maximum Gasteiger partial charge on any atom is 0.178 e. The second-order valence-electron chi connectivity index (χ2n) is 4.92. The van der Waals surface area contributed by atoms with E-state index in [9.17, 15) is 15.0 Å². The summed E-state index contributed by atoms with van der Waals surface area (Å²) in [6.07, 6.45) is 5.64. The fourth-order valence-electron chi connectivity index (χ4n) is 1.99. The predicted molar refractivity (Wildman–Crippen MR) is 92.4 cm³/mol. The van der Waals surface area contributed by atoms with Crippen LogP contribution in [0.3, 0.4) is 0 Å². The molecule has 0 fully saturated rings. The number of ketones is 1. The largest absolute Gasteiger partial charge is 0.507 e. The van der Waals surface area contributed by atoms with Gasteiger partial charge in [0.25, 0.3) is 0 Å². The van der Waals surface area contributed by atoms with Gasteiger partial charge in [0, 0.05) is 11.1 Å². The topological polar surface area (TPSA) is 76.0 Å². The highest BCUT2D eigenvalue weighted by Crippen LogP contribution is 2.25. The van der Waals surface area contributed by atoms with E-state index in [2.05, 4.69) is 0 Å². The number of aromatic hydroxyl groups is 2. The smallest absolute Gasteiger partial charge is 0.178 e. The molecule has 0 unspecified atom stereocenters. The van der Waals surface area contributed by atoms with E-state index < -0.39 is 0 Å². The highest BCUT2D eigenvalue weighted by Gasteiger charge is 2.02. The normalized spacial score (nSPS) is 11.1. The average Bonchev–Trinajstić information content (AvgIpc) is 2.60. The van der Waals surface area contributed by atoms with Crippen LogP contribution in [-0.4, -0.2) is 30.2 Å². The summed E-state index contributed by atoms with van der Waals surface area (Å²) >= 11 is 0. The molecule has 24 heavy (non-hydrogen) atoms. The number of rotatable bonds is 6. The van der Waals surface area contributed by atoms with Gasteiger partial charge in [-0.1, -0.05) is 0 Å². The van der Waals surface area contributed by atoms with Crippen molar-refractivity contribution in [1.82, 2.24) is 0 Å². The van der Waals surface area contributed by atoms with E-state index in [-0.39, 0.29) is 17.3 Å². The summed E-state index contributed by atoms with van der Waals surface area (Å²) in [5, 5.41) is 19.5. The molecule has 2 rings (SSSR count). The van der Waals surface area contributed by atoms with Crippen LogP contribution in [0.1, 0.15) is 11.1 Å². The Bertz CT molecular complexity index is 725. The van der Waals surface area contributed by atoms with Gasteiger partial charge in [-0.05, 0) is 60.7 Å². The second kappa shape index (κ2) is 7.87. The molecule has 0 atom stereocenters. The number of methoxy groups -OCH3 is 2. The molecule has 0 aliphatic carbocycles. The van der Waals surface area contributed by atoms with Gasteiger partial charge in [-0.2, -0.15) is 0 Å². The van der Waals surface area contributed by atoms with E-state index in [1.54, 1.807) is 24.3 Å². The van der Waals surface area contributed by atoms with Crippen LogP contribution in [0, 0.1) is 0 Å². The third kappa shape index (κ3) is 4.39. The maximum absolute atomic E-state index is 11.9. The molecule has 2 aromatic carbocycles. The molecule has 0 spiro atoms. The third-order valence-electron chi connectivity index (χ3n) is 3.32. The number of carbonyl (C=O) groups excluding carboxylic acids is 1. The van der Waals surface area contributed by atoms with Crippen LogP contribution in [0.2, 0.25) is 0 Å². The van der Waals surface area contributed by atoms with Crippen LogP contribution in [0.15, 0.2) is 48.6 Å². The van der Waals surface area contributed by atoms with Crippen molar-refractivity contribution in [1.29, 1.82) is 0 Å². The van der Waals surface area contributed by atoms with Crippen molar-refractivity contribution in [3.63, 3.8) is 0 Å². The SMILES string of the molecule is COc1ccc(O)c(C=CC(=O)C=Cc2cc(OC)ccc2O)c1. The Morgan fingerprint density at radius 3 is 1.62 bits per heavy atom. The van der Waals surface area contributed by atoms with E-state index >= 15 is 0 Å². The van der Waals surface area contributed by atoms with Gasteiger partial charge >= 0.3 is 0 Å². The van der Waals surface area contributed by atoms with E-state index in [0.29, 0.717) is 22.6 Å². The second-order valence-corrected chi connectivity index (χ2v) is 4.92. The van der Waals surface area contributed by atoms with Crippen molar-refractivity contribution in [3.05, 3.63) is 59.7 Å². The number of carbonyl (C=O) groups is 1. The molecular weight excluding hydrogens is 308 g/mol. The summed E-state index contributed by atoms with van der Waals surface area (Å²) in [5.74, 6) is 0.969. The molecule has 0 radical (unpaired) electrons. The lowest BCUT2D eigenvalue weighted by Crippen LogP contribution is -1.88. The Morgan fingerprint density at radius 1 is 0.833 bits per heavy atom. The molecule has 5 heteroatoms. The first-order valence-electron chi connectivity index (χ1n) is 7.17. The van der Waals surface area contributed by atoms with Crippen molar-refractivity contribution in [2.45, 2.75) is 0 Å². The number of benzene rings is 2. The first-order valence-corrected chi connectivity index (χ1v) is 7.17. The zero-order valence-corrected chi connectivity index (χ0v) is 13.4. The predicted octanol–water partition coefficient (Wildman–Crippen LogP) is 3.41. The zero-order valence-electron chi connectivity index (χ0n) is 13.4. The summed E-state index contributed by atoms with van der Waals surface area (Å²) in [6, 6.07) is 9.48. The fraction of sp³-hybridized carbons (Fsp3) is 0.105. The number of ether oxygens (including phenoxy) is 2. The number of phenolic OH excluding ortho intramolecular Hbond substituents is 2. The molecular formula is C19H18O5. The minimum atomic E-state index is -0.292. The van der Waals surface area contributed by atoms with Crippen LogP contribution >= 0.6 is 0 Å². The number of allylic oxidation sites excluding steroid dienone is 2. The molecule has 0 bridgehead atoms. The van der Waals surface area contributed by atoms with Crippen LogP contribution in [0.25, 0.3) is 12.2 Å². The minimum Gasteiger partial charge on any atom is -0.507 e. The summed E-state index contributed by atoms with van der Waals surface area (Å²) in [6.45, 7) is 0. The van der Waals surface area contributed by atoms with Gasteiger partial charge in [0.2, 0.25) is 0 Å². The van der Waals surface area contributed by atoms with Crippen LogP contribution in [0.4, 0.5) is 0 Å². The van der Waals surface area contributed by atoms with E-state index in [4.69, 9.17) is 9.47 Å². The zero-order chi connectivity index (χ0) is 17.5. The van der Waals surface area contributed by atoms with E-state index in [1.165, 1.54) is 50.7 Å². The lowest BCUT2D eigenvalue weighted by molar-refractivity contribution is -0.110. The monoisotopic (exact) mass is 326 g/mol. The fourth-order valence-corrected chi connectivity index (χ4v) is 1.99. The van der Waals surface area contributed by atoms with Crippen molar-refractivity contribution in [2.24, 2.45) is 0 Å². The number of hydrogen-bond donors (Lipinski definition) is 2. The Balaban J connectivity index is 2.13. The molecule has 2 aromatic rings. The Kier molecular flexibility index (Phi) is 5.63. The van der Waals surface area contributed by atoms with Crippen molar-refractivity contribution in [3.8, 4) is 23.0 Å². The van der Waals surface area contributed by atoms with Crippen LogP contribution < -0.4 is 9.47 Å². The molecule has 5 nitrogen and oxygen atoms in total. The lowest BCUT2D eigenvalue weighted by Gasteiger charge is -2.03. The van der Waals surface area contributed by atoms with Gasteiger partial charge in [0.15, 0.2) is 5.78 Å². The van der Waals surface area contributed by atoms with Gasteiger partial charge in [-0.25, -0.2) is 0 Å². The van der Waals surface area contributed by atoms with Crippen molar-refractivity contribution >= 4 is 17.9 Å². The standard InChI is InChI=1S/C19H18O5/c1-23-16-7-9-18(21)13(11-16)3-5-15(20)6-4-14-12-17(24-2)8-10-19(14)22/h3-12,21-22H,1-2H3. The maximum atomic E-state index is 11.9. The molecule has 0 saturated heterocycles. The van der Waals surface area contributed by atoms with E-state index in [0.717, 1.165) is 0 Å². The molecule has 0 saturated carbocycles. The average molecular weight is 326 g/mol. The third-order valence-corrected chi connectivity index (χ3v) is 3.32. The van der Waals surface area contributed by atoms with Gasteiger partial charge in [-0.3, -0.25) is 4.79 Å². The Labute approximate surface area is 140 Å². The first-order chi connectivity index (χ1) is 11.5.